The summed E-state index contributed by atoms with van der Waals surface area (Å²) >= 11 is 0. The largest absolute Gasteiger partial charge is 0.330 e. The van der Waals surface area contributed by atoms with Crippen LogP contribution in [-0.2, 0) is 0 Å². The van der Waals surface area contributed by atoms with Crippen LogP contribution in [-0.4, -0.2) is 6.54 Å². The van der Waals surface area contributed by atoms with Crippen molar-refractivity contribution in [1.29, 1.82) is 0 Å². The molecule has 0 aliphatic heterocycles. The van der Waals surface area contributed by atoms with Crippen molar-refractivity contribution in [2.24, 2.45) is 23.5 Å². The Kier molecular flexibility index (Phi) is 50.3. The fraction of sp³-hybridized carbons (Fsp3) is 1.00. The van der Waals surface area contributed by atoms with E-state index in [0.717, 1.165) is 30.7 Å². The van der Waals surface area contributed by atoms with Gasteiger partial charge in [0.15, 0.2) is 0 Å². The van der Waals surface area contributed by atoms with E-state index in [0.29, 0.717) is 0 Å². The molecule has 0 heterocycles. The fourth-order valence-corrected chi connectivity index (χ4v) is 0.333. The molecule has 0 aromatic heterocycles. The van der Waals surface area contributed by atoms with Gasteiger partial charge in [-0.2, -0.15) is 0 Å². The van der Waals surface area contributed by atoms with Gasteiger partial charge in [0, 0.05) is 0 Å². The molecule has 0 bridgehead atoms. The van der Waals surface area contributed by atoms with E-state index in [-0.39, 0.29) is 7.43 Å². The van der Waals surface area contributed by atoms with Gasteiger partial charge in [0.1, 0.15) is 0 Å². The second-order valence-electron chi connectivity index (χ2n) is 6.28. The smallest absolute Gasteiger partial charge is 0.00748 e. The summed E-state index contributed by atoms with van der Waals surface area (Å²) in [6.45, 7) is 22.7. The topological polar surface area (TPSA) is 26.0 Å². The second kappa shape index (κ2) is 31.4. The lowest BCUT2D eigenvalue weighted by Gasteiger charge is -1.96. The minimum Gasteiger partial charge on any atom is -0.330 e. The van der Waals surface area contributed by atoms with Crippen LogP contribution in [0, 0.1) is 17.8 Å². The third-order valence-corrected chi connectivity index (χ3v) is 2.38. The van der Waals surface area contributed by atoms with E-state index in [1.807, 2.05) is 0 Å². The first-order chi connectivity index (χ1) is 8.72. The standard InChI is InChI=1S/C5H13N.2C5H12.C3H8.CH4/c1-5(2)3-4-6;2*1-4-5(2)3;1-3-2;/h5H,3-4,6H2,1-2H3;2*5H,4H2,1-3H3;3H2,1-2H3;1H4. The van der Waals surface area contributed by atoms with E-state index in [9.17, 15) is 0 Å². The van der Waals surface area contributed by atoms with Crippen LogP contribution in [0.1, 0.15) is 102 Å². The van der Waals surface area contributed by atoms with Crippen LogP contribution >= 0.6 is 0 Å². The summed E-state index contributed by atoms with van der Waals surface area (Å²) in [4.78, 5) is 0. The highest BCUT2D eigenvalue weighted by Crippen LogP contribution is 1.94. The molecule has 0 aliphatic rings. The number of rotatable bonds is 4. The molecule has 0 saturated heterocycles. The highest BCUT2D eigenvalue weighted by Gasteiger charge is 1.85. The molecule has 0 rings (SSSR count). The monoisotopic (exact) mass is 291 g/mol. The van der Waals surface area contributed by atoms with Gasteiger partial charge >= 0.3 is 0 Å². The second-order valence-corrected chi connectivity index (χ2v) is 6.28. The Bertz CT molecular complexity index is 98.3. The van der Waals surface area contributed by atoms with Crippen molar-refractivity contribution in [2.75, 3.05) is 6.54 Å². The predicted octanol–water partition coefficient (Wildman–Crippen LogP) is 7.15. The van der Waals surface area contributed by atoms with Gasteiger partial charge < -0.3 is 5.73 Å². The Morgan fingerprint density at radius 2 is 0.850 bits per heavy atom. The van der Waals surface area contributed by atoms with Gasteiger partial charge in [-0.3, -0.25) is 0 Å². The molecule has 1 heteroatoms. The van der Waals surface area contributed by atoms with E-state index in [4.69, 9.17) is 5.73 Å². The molecule has 0 radical (unpaired) electrons. The van der Waals surface area contributed by atoms with Crippen LogP contribution in [0.5, 0.6) is 0 Å². The van der Waals surface area contributed by atoms with Crippen molar-refractivity contribution < 1.29 is 0 Å². The van der Waals surface area contributed by atoms with Crippen LogP contribution in [0.2, 0.25) is 0 Å². The average Bonchev–Trinajstić information content (AvgIpc) is 2.31. The minimum atomic E-state index is 0. The molecule has 0 saturated carbocycles. The van der Waals surface area contributed by atoms with E-state index in [2.05, 4.69) is 69.2 Å². The summed E-state index contributed by atoms with van der Waals surface area (Å²) in [7, 11) is 0. The van der Waals surface area contributed by atoms with Gasteiger partial charge in [0.05, 0.1) is 0 Å². The maximum Gasteiger partial charge on any atom is -0.00748 e. The van der Waals surface area contributed by atoms with Crippen molar-refractivity contribution >= 4 is 0 Å². The maximum absolute atomic E-state index is 5.23. The van der Waals surface area contributed by atoms with Crippen LogP contribution in [0.15, 0.2) is 0 Å². The number of hydrogen-bond donors (Lipinski definition) is 1. The molecule has 130 valence electrons. The van der Waals surface area contributed by atoms with Crippen LogP contribution < -0.4 is 5.73 Å². The van der Waals surface area contributed by atoms with Crippen LogP contribution in [0.4, 0.5) is 0 Å². The van der Waals surface area contributed by atoms with E-state index in [1.165, 1.54) is 19.3 Å². The third-order valence-electron chi connectivity index (χ3n) is 2.38. The first-order valence-electron chi connectivity index (χ1n) is 8.43. The molecule has 1 nitrogen and oxygen atoms in total. The van der Waals surface area contributed by atoms with Gasteiger partial charge in [-0.05, 0) is 30.7 Å². The molecule has 0 unspecified atom stereocenters. The summed E-state index contributed by atoms with van der Waals surface area (Å²) in [5.41, 5.74) is 5.23. The van der Waals surface area contributed by atoms with Gasteiger partial charge in [-0.15, -0.1) is 0 Å². The lowest BCUT2D eigenvalue weighted by atomic mass is 10.1. The zero-order valence-electron chi connectivity index (χ0n) is 15.8. The molecule has 0 fully saturated rings. The Balaban J connectivity index is -0.0000000504. The molecule has 0 amide bonds. The number of hydrogen-bond acceptors (Lipinski definition) is 1. The highest BCUT2D eigenvalue weighted by atomic mass is 14.5. The van der Waals surface area contributed by atoms with E-state index in [1.54, 1.807) is 0 Å². The fourth-order valence-electron chi connectivity index (χ4n) is 0.333. The average molecular weight is 292 g/mol. The van der Waals surface area contributed by atoms with Crippen molar-refractivity contribution in [2.45, 2.75) is 102 Å². The van der Waals surface area contributed by atoms with Gasteiger partial charge in [0.25, 0.3) is 0 Å². The molecular weight excluding hydrogens is 242 g/mol. The van der Waals surface area contributed by atoms with Crippen molar-refractivity contribution in [1.82, 2.24) is 0 Å². The van der Waals surface area contributed by atoms with Crippen LogP contribution in [0.3, 0.4) is 0 Å². The Morgan fingerprint density at radius 1 is 0.650 bits per heavy atom. The summed E-state index contributed by atoms with van der Waals surface area (Å²) in [6, 6.07) is 0. The van der Waals surface area contributed by atoms with Crippen LogP contribution in [0.25, 0.3) is 0 Å². The van der Waals surface area contributed by atoms with Gasteiger partial charge in [-0.25, -0.2) is 0 Å². The summed E-state index contributed by atoms with van der Waals surface area (Å²) in [6.07, 6.45) is 5.01. The molecule has 0 aromatic rings. The Hall–Kier alpha value is -0.0400. The third kappa shape index (κ3) is 107. The van der Waals surface area contributed by atoms with Gasteiger partial charge in [-0.1, -0.05) is 95.9 Å². The van der Waals surface area contributed by atoms with Crippen molar-refractivity contribution in [3.8, 4) is 0 Å². The zero-order valence-corrected chi connectivity index (χ0v) is 15.8. The van der Waals surface area contributed by atoms with Crippen molar-refractivity contribution in [3.63, 3.8) is 0 Å². The van der Waals surface area contributed by atoms with E-state index < -0.39 is 0 Å². The summed E-state index contributed by atoms with van der Waals surface area (Å²) in [5, 5.41) is 0. The normalized spacial score (nSPS) is 8.70. The maximum atomic E-state index is 5.23. The number of nitrogens with two attached hydrogens (primary N) is 1. The predicted molar refractivity (Wildman–Crippen MR) is 101 cm³/mol. The summed E-state index contributed by atoms with van der Waals surface area (Å²) < 4.78 is 0. The quantitative estimate of drug-likeness (QED) is 0.584. The molecule has 2 N–H and O–H groups in total. The molecule has 0 aliphatic carbocycles. The first kappa shape index (κ1) is 32.1. The van der Waals surface area contributed by atoms with Crippen molar-refractivity contribution in [3.05, 3.63) is 0 Å². The molecule has 0 aromatic carbocycles. The minimum absolute atomic E-state index is 0. The lowest BCUT2D eigenvalue weighted by molar-refractivity contribution is 0.596. The van der Waals surface area contributed by atoms with Gasteiger partial charge in [0.2, 0.25) is 0 Å². The lowest BCUT2D eigenvalue weighted by Crippen LogP contribution is -2.01. The van der Waals surface area contributed by atoms with E-state index >= 15 is 0 Å². The molecule has 0 spiro atoms. The molecular formula is C19H49N. The molecule has 20 heavy (non-hydrogen) atoms. The highest BCUT2D eigenvalue weighted by molar-refractivity contribution is 4.42. The zero-order chi connectivity index (χ0) is 16.3. The SMILES string of the molecule is C.CC(C)CCN.CCC.CCC(C)C.CCC(C)C. The molecule has 0 atom stereocenters. The Morgan fingerprint density at radius 3 is 0.850 bits per heavy atom. The first-order valence-corrected chi connectivity index (χ1v) is 8.43. The Labute approximate surface area is 133 Å². The summed E-state index contributed by atoms with van der Waals surface area (Å²) in [5.74, 6) is 2.54.